The van der Waals surface area contributed by atoms with E-state index in [4.69, 9.17) is 9.47 Å². The van der Waals surface area contributed by atoms with Crippen LogP contribution in [0.15, 0.2) is 40.6 Å². The van der Waals surface area contributed by atoms with Crippen LogP contribution < -0.4 is 4.74 Å². The minimum atomic E-state index is -0.0717. The summed E-state index contributed by atoms with van der Waals surface area (Å²) in [5.41, 5.74) is 3.57. The molecule has 1 fully saturated rings. The van der Waals surface area contributed by atoms with Gasteiger partial charge in [0.15, 0.2) is 0 Å². The molecule has 0 spiro atoms. The van der Waals surface area contributed by atoms with E-state index in [1.54, 1.807) is 25.8 Å². The highest BCUT2D eigenvalue weighted by Crippen LogP contribution is 2.32. The fourth-order valence-corrected chi connectivity index (χ4v) is 4.26. The maximum Gasteiger partial charge on any atom is 0.232 e. The molecule has 0 radical (unpaired) electrons. The molecular weight excluding hydrogens is 394 g/mol. The number of morpholine rings is 1. The number of nitrogens with zero attached hydrogens (tertiary/aromatic N) is 6. The fourth-order valence-electron chi connectivity index (χ4n) is 4.26. The number of fused-ring (bicyclic) bond motifs is 1. The number of benzene rings is 1. The number of methoxy groups -OCH3 is 1. The van der Waals surface area contributed by atoms with Crippen LogP contribution in [-0.2, 0) is 4.74 Å². The van der Waals surface area contributed by atoms with Crippen molar-refractivity contribution in [2.24, 2.45) is 9.98 Å². The van der Waals surface area contributed by atoms with E-state index < -0.39 is 0 Å². The van der Waals surface area contributed by atoms with Gasteiger partial charge >= 0.3 is 0 Å². The van der Waals surface area contributed by atoms with Gasteiger partial charge in [-0.15, -0.1) is 0 Å². The van der Waals surface area contributed by atoms with Crippen LogP contribution in [0, 0.1) is 0 Å². The highest BCUT2D eigenvalue weighted by molar-refractivity contribution is 5.93. The van der Waals surface area contributed by atoms with Gasteiger partial charge in [-0.1, -0.05) is 6.07 Å². The third-order valence-corrected chi connectivity index (χ3v) is 5.65. The standard InChI is InChI=1S/C22H25N7O2/c1-13-10-29(11-14(2)31-13)20-7-18(24-12-25-20)22-16-6-15(4-5-17(16)27-28-22)19-8-23-9-21(26-19)30-3/h4-6,8-9,12-14,18H,7,10-11H2,1-3H3,(H,27,28)/t13-,14+,18-/m1/s1. The SMILES string of the molecule is COc1cncc(-c2ccc3n[nH]c([C@H]4CC(N5C[C@@H](C)O[C@@H](C)C5)=NC=N4)c3c2)n1. The summed E-state index contributed by atoms with van der Waals surface area (Å²) in [5.74, 6) is 1.52. The number of rotatable bonds is 3. The van der Waals surface area contributed by atoms with Crippen molar-refractivity contribution in [1.29, 1.82) is 0 Å². The van der Waals surface area contributed by atoms with E-state index in [1.807, 2.05) is 12.1 Å². The van der Waals surface area contributed by atoms with E-state index in [0.29, 0.717) is 5.88 Å². The second-order valence-electron chi connectivity index (χ2n) is 8.01. The first-order chi connectivity index (χ1) is 15.1. The molecule has 0 unspecified atom stereocenters. The molecule has 160 valence electrons. The summed E-state index contributed by atoms with van der Waals surface area (Å²) in [7, 11) is 1.58. The molecule has 2 aromatic heterocycles. The Kier molecular flexibility index (Phi) is 5.11. The topological polar surface area (TPSA) is 101 Å². The molecule has 0 aliphatic carbocycles. The zero-order valence-electron chi connectivity index (χ0n) is 17.8. The van der Waals surface area contributed by atoms with Crippen LogP contribution in [0.5, 0.6) is 5.88 Å². The molecule has 3 aromatic rings. The lowest BCUT2D eigenvalue weighted by Gasteiger charge is -2.38. The lowest BCUT2D eigenvalue weighted by atomic mass is 10.0. The quantitative estimate of drug-likeness (QED) is 0.700. The highest BCUT2D eigenvalue weighted by Gasteiger charge is 2.29. The van der Waals surface area contributed by atoms with Crippen LogP contribution in [0.25, 0.3) is 22.2 Å². The van der Waals surface area contributed by atoms with Gasteiger partial charge in [0.25, 0.3) is 0 Å². The second kappa shape index (κ2) is 8.07. The van der Waals surface area contributed by atoms with Gasteiger partial charge in [0.2, 0.25) is 5.88 Å². The van der Waals surface area contributed by atoms with Crippen molar-refractivity contribution in [2.75, 3.05) is 20.2 Å². The zero-order chi connectivity index (χ0) is 21.4. The predicted octanol–water partition coefficient (Wildman–Crippen LogP) is 3.01. The maximum atomic E-state index is 5.87. The van der Waals surface area contributed by atoms with Gasteiger partial charge in [-0.2, -0.15) is 5.10 Å². The molecule has 31 heavy (non-hydrogen) atoms. The van der Waals surface area contributed by atoms with E-state index in [9.17, 15) is 0 Å². The van der Waals surface area contributed by atoms with Crippen molar-refractivity contribution in [3.05, 3.63) is 36.3 Å². The van der Waals surface area contributed by atoms with Crippen LogP contribution in [0.2, 0.25) is 0 Å². The molecule has 9 heteroatoms. The van der Waals surface area contributed by atoms with Crippen LogP contribution in [-0.4, -0.2) is 69.6 Å². The average Bonchev–Trinajstić information content (AvgIpc) is 3.22. The summed E-state index contributed by atoms with van der Waals surface area (Å²) in [5, 5.41) is 8.72. The molecule has 9 nitrogen and oxygen atoms in total. The molecule has 0 bridgehead atoms. The summed E-state index contributed by atoms with van der Waals surface area (Å²) in [6.45, 7) is 5.88. The molecule has 1 aromatic carbocycles. The summed E-state index contributed by atoms with van der Waals surface area (Å²) in [4.78, 5) is 20.3. The van der Waals surface area contributed by atoms with Crippen molar-refractivity contribution in [3.8, 4) is 17.1 Å². The van der Waals surface area contributed by atoms with Gasteiger partial charge in [0.05, 0.1) is 48.6 Å². The van der Waals surface area contributed by atoms with E-state index in [1.165, 1.54) is 0 Å². The van der Waals surface area contributed by atoms with Gasteiger partial charge < -0.3 is 14.4 Å². The van der Waals surface area contributed by atoms with Crippen molar-refractivity contribution in [3.63, 3.8) is 0 Å². The number of amidine groups is 1. The van der Waals surface area contributed by atoms with Crippen LogP contribution in [0.1, 0.15) is 32.0 Å². The maximum absolute atomic E-state index is 5.87. The third-order valence-electron chi connectivity index (χ3n) is 5.65. The van der Waals surface area contributed by atoms with E-state index >= 15 is 0 Å². The van der Waals surface area contributed by atoms with Gasteiger partial charge in [-0.25, -0.2) is 9.98 Å². The number of hydrogen-bond acceptors (Lipinski definition) is 8. The molecule has 2 aliphatic rings. The summed E-state index contributed by atoms with van der Waals surface area (Å²) >= 11 is 0. The lowest BCUT2D eigenvalue weighted by Crippen LogP contribution is -2.48. The smallest absolute Gasteiger partial charge is 0.232 e. The Morgan fingerprint density at radius 3 is 2.81 bits per heavy atom. The van der Waals surface area contributed by atoms with Crippen LogP contribution in [0.3, 0.4) is 0 Å². The van der Waals surface area contributed by atoms with Gasteiger partial charge in [0, 0.05) is 30.5 Å². The summed E-state index contributed by atoms with van der Waals surface area (Å²) < 4.78 is 11.1. The highest BCUT2D eigenvalue weighted by atomic mass is 16.5. The van der Waals surface area contributed by atoms with Gasteiger partial charge in [-0.05, 0) is 26.0 Å². The van der Waals surface area contributed by atoms with Crippen molar-refractivity contribution >= 4 is 23.1 Å². The lowest BCUT2D eigenvalue weighted by molar-refractivity contribution is -0.0486. The number of nitrogens with one attached hydrogen (secondary N) is 1. The van der Waals surface area contributed by atoms with Crippen LogP contribution >= 0.6 is 0 Å². The first kappa shape index (κ1) is 19.6. The monoisotopic (exact) mass is 419 g/mol. The minimum Gasteiger partial charge on any atom is -0.480 e. The number of hydrogen-bond donors (Lipinski definition) is 1. The third kappa shape index (κ3) is 3.88. The van der Waals surface area contributed by atoms with Crippen molar-refractivity contribution in [1.82, 2.24) is 25.1 Å². The molecule has 2 aliphatic heterocycles. The summed E-state index contributed by atoms with van der Waals surface area (Å²) in [6.07, 6.45) is 6.07. The Hall–Kier alpha value is -3.33. The normalized spacial score (nSPS) is 23.8. The van der Waals surface area contributed by atoms with E-state index in [-0.39, 0.29) is 18.2 Å². The molecule has 1 N–H and O–H groups in total. The van der Waals surface area contributed by atoms with E-state index in [2.05, 4.69) is 55.0 Å². The first-order valence-corrected chi connectivity index (χ1v) is 10.4. The van der Waals surface area contributed by atoms with Crippen molar-refractivity contribution in [2.45, 2.75) is 38.5 Å². The van der Waals surface area contributed by atoms with Gasteiger partial charge in [-0.3, -0.25) is 15.1 Å². The minimum absolute atomic E-state index is 0.0717. The molecular formula is C22H25N7O2. The molecule has 5 rings (SSSR count). The number of H-pyrrole nitrogens is 1. The molecule has 1 saturated heterocycles. The van der Waals surface area contributed by atoms with Crippen LogP contribution in [0.4, 0.5) is 0 Å². The Labute approximate surface area is 180 Å². The fraction of sp³-hybridized carbons (Fsp3) is 0.409. The molecule has 0 saturated carbocycles. The number of aromatic nitrogens is 4. The Balaban J connectivity index is 1.44. The zero-order valence-corrected chi connectivity index (χ0v) is 17.8. The summed E-state index contributed by atoms with van der Waals surface area (Å²) in [6, 6.07) is 5.98. The van der Waals surface area contributed by atoms with Crippen molar-refractivity contribution < 1.29 is 9.47 Å². The molecule has 3 atom stereocenters. The Bertz CT molecular complexity index is 1150. The number of aliphatic imine (C=N–C) groups is 2. The Morgan fingerprint density at radius 1 is 1.16 bits per heavy atom. The predicted molar refractivity (Wildman–Crippen MR) is 119 cm³/mol. The number of aromatic amines is 1. The van der Waals surface area contributed by atoms with Gasteiger partial charge in [0.1, 0.15) is 18.2 Å². The average molecular weight is 419 g/mol. The second-order valence-corrected chi connectivity index (χ2v) is 8.01. The largest absolute Gasteiger partial charge is 0.480 e. The molecule has 0 amide bonds. The first-order valence-electron chi connectivity index (χ1n) is 10.4. The molecule has 4 heterocycles. The number of ether oxygens (including phenoxy) is 2. The van der Waals surface area contributed by atoms with E-state index in [0.717, 1.165) is 53.2 Å². The Morgan fingerprint density at radius 2 is 2.00 bits per heavy atom.